The minimum Gasteiger partial charge on any atom is -0.497 e. The van der Waals surface area contributed by atoms with Crippen LogP contribution in [0.1, 0.15) is 21.5 Å². The standard InChI is InChI=1S/C22H21ClN2O4S/c1-15-6-7-17(22(26)24-14-16-4-3-5-19(12-16)29-2)13-21(15)25-30(27,28)20-10-8-18(23)9-11-20/h3-13,25H,14H2,1-2H3,(H,24,26). The smallest absolute Gasteiger partial charge is 0.261 e. The lowest BCUT2D eigenvalue weighted by Crippen LogP contribution is -2.23. The number of rotatable bonds is 7. The van der Waals surface area contributed by atoms with Gasteiger partial charge in [-0.3, -0.25) is 9.52 Å². The Hall–Kier alpha value is -3.03. The van der Waals surface area contributed by atoms with E-state index in [-0.39, 0.29) is 10.8 Å². The maximum absolute atomic E-state index is 12.7. The zero-order valence-corrected chi connectivity index (χ0v) is 18.0. The Morgan fingerprint density at radius 1 is 1.03 bits per heavy atom. The second-order valence-corrected chi connectivity index (χ2v) is 8.74. The van der Waals surface area contributed by atoms with Crippen LogP contribution in [0.3, 0.4) is 0 Å². The molecule has 0 aromatic heterocycles. The summed E-state index contributed by atoms with van der Waals surface area (Å²) >= 11 is 5.83. The lowest BCUT2D eigenvalue weighted by molar-refractivity contribution is 0.0951. The highest BCUT2D eigenvalue weighted by atomic mass is 35.5. The van der Waals surface area contributed by atoms with Crippen molar-refractivity contribution in [3.63, 3.8) is 0 Å². The molecule has 0 radical (unpaired) electrons. The SMILES string of the molecule is COc1cccc(CNC(=O)c2ccc(C)c(NS(=O)(=O)c3ccc(Cl)cc3)c2)c1. The normalized spacial score (nSPS) is 11.0. The van der Waals surface area contributed by atoms with Crippen LogP contribution in [0.25, 0.3) is 0 Å². The molecule has 0 fully saturated rings. The summed E-state index contributed by atoms with van der Waals surface area (Å²) in [6, 6.07) is 18.1. The number of ether oxygens (including phenoxy) is 1. The van der Waals surface area contributed by atoms with Gasteiger partial charge in [-0.15, -0.1) is 0 Å². The molecule has 2 N–H and O–H groups in total. The van der Waals surface area contributed by atoms with Crippen LogP contribution in [0.5, 0.6) is 5.75 Å². The molecule has 3 aromatic carbocycles. The molecule has 0 bridgehead atoms. The fourth-order valence-electron chi connectivity index (χ4n) is 2.76. The number of aryl methyl sites for hydroxylation is 1. The second kappa shape index (κ2) is 9.19. The zero-order valence-electron chi connectivity index (χ0n) is 16.5. The summed E-state index contributed by atoms with van der Waals surface area (Å²) in [6.45, 7) is 2.08. The van der Waals surface area contributed by atoms with Gasteiger partial charge in [0, 0.05) is 17.1 Å². The van der Waals surface area contributed by atoms with Gasteiger partial charge >= 0.3 is 0 Å². The average molecular weight is 445 g/mol. The molecule has 3 rings (SSSR count). The number of halogens is 1. The molecule has 156 valence electrons. The van der Waals surface area contributed by atoms with Crippen molar-refractivity contribution in [2.24, 2.45) is 0 Å². The monoisotopic (exact) mass is 444 g/mol. The highest BCUT2D eigenvalue weighted by Gasteiger charge is 2.16. The van der Waals surface area contributed by atoms with Gasteiger partial charge in [0.15, 0.2) is 0 Å². The lowest BCUT2D eigenvalue weighted by atomic mass is 10.1. The van der Waals surface area contributed by atoms with Gasteiger partial charge in [-0.05, 0) is 66.6 Å². The van der Waals surface area contributed by atoms with Crippen LogP contribution < -0.4 is 14.8 Å². The highest BCUT2D eigenvalue weighted by Crippen LogP contribution is 2.22. The zero-order chi connectivity index (χ0) is 21.7. The van der Waals surface area contributed by atoms with Crippen molar-refractivity contribution in [1.29, 1.82) is 0 Å². The first-order valence-corrected chi connectivity index (χ1v) is 10.9. The fraction of sp³-hybridized carbons (Fsp3) is 0.136. The molecule has 0 heterocycles. The van der Waals surface area contributed by atoms with Crippen molar-refractivity contribution >= 4 is 33.2 Å². The highest BCUT2D eigenvalue weighted by molar-refractivity contribution is 7.92. The van der Waals surface area contributed by atoms with Crippen molar-refractivity contribution in [1.82, 2.24) is 5.32 Å². The number of carbonyl (C=O) groups is 1. The van der Waals surface area contributed by atoms with E-state index in [9.17, 15) is 13.2 Å². The van der Waals surface area contributed by atoms with E-state index in [0.717, 1.165) is 5.56 Å². The Morgan fingerprint density at radius 2 is 1.77 bits per heavy atom. The lowest BCUT2D eigenvalue weighted by Gasteiger charge is -2.13. The van der Waals surface area contributed by atoms with Crippen LogP contribution in [0.15, 0.2) is 71.6 Å². The molecule has 0 atom stereocenters. The van der Waals surface area contributed by atoms with E-state index >= 15 is 0 Å². The van der Waals surface area contributed by atoms with Crippen molar-refractivity contribution in [2.75, 3.05) is 11.8 Å². The van der Waals surface area contributed by atoms with Crippen molar-refractivity contribution in [3.8, 4) is 5.75 Å². The molecule has 0 aliphatic rings. The third-order valence-electron chi connectivity index (χ3n) is 4.46. The van der Waals surface area contributed by atoms with E-state index in [2.05, 4.69) is 10.0 Å². The third kappa shape index (κ3) is 5.31. The number of methoxy groups -OCH3 is 1. The summed E-state index contributed by atoms with van der Waals surface area (Å²) < 4.78 is 33.0. The molecule has 0 aliphatic carbocycles. The van der Waals surface area contributed by atoms with Gasteiger partial charge in [-0.1, -0.05) is 29.8 Å². The van der Waals surface area contributed by atoms with Gasteiger partial charge in [0.2, 0.25) is 0 Å². The predicted octanol–water partition coefficient (Wildman–Crippen LogP) is 4.39. The van der Waals surface area contributed by atoms with Crippen LogP contribution in [-0.4, -0.2) is 21.4 Å². The van der Waals surface area contributed by atoms with Crippen LogP contribution in [0.2, 0.25) is 5.02 Å². The Labute approximate surface area is 180 Å². The number of amides is 1. The summed E-state index contributed by atoms with van der Waals surface area (Å²) in [7, 11) is -2.23. The van der Waals surface area contributed by atoms with Gasteiger partial charge in [0.1, 0.15) is 5.75 Å². The summed E-state index contributed by atoms with van der Waals surface area (Å²) in [5, 5.41) is 3.27. The summed E-state index contributed by atoms with van der Waals surface area (Å²) in [5.74, 6) is 0.390. The van der Waals surface area contributed by atoms with Gasteiger partial charge < -0.3 is 10.1 Å². The molecule has 8 heteroatoms. The molecule has 0 saturated carbocycles. The van der Waals surface area contributed by atoms with Gasteiger partial charge in [-0.2, -0.15) is 0 Å². The number of anilines is 1. The topological polar surface area (TPSA) is 84.5 Å². The summed E-state index contributed by atoms with van der Waals surface area (Å²) in [4.78, 5) is 12.7. The Bertz CT molecular complexity index is 1160. The molecule has 3 aromatic rings. The van der Waals surface area contributed by atoms with Gasteiger partial charge in [-0.25, -0.2) is 8.42 Å². The number of carbonyl (C=O) groups excluding carboxylic acids is 1. The average Bonchev–Trinajstić information content (AvgIpc) is 2.74. The summed E-state index contributed by atoms with van der Waals surface area (Å²) in [5.41, 5.74) is 2.26. The van der Waals surface area contributed by atoms with Crippen molar-refractivity contribution in [2.45, 2.75) is 18.4 Å². The Morgan fingerprint density at radius 3 is 2.47 bits per heavy atom. The fourth-order valence-corrected chi connectivity index (χ4v) is 4.01. The molecule has 0 unspecified atom stereocenters. The second-order valence-electron chi connectivity index (χ2n) is 6.62. The number of hydrogen-bond donors (Lipinski definition) is 2. The van der Waals surface area contributed by atoms with E-state index in [4.69, 9.17) is 16.3 Å². The van der Waals surface area contributed by atoms with E-state index in [1.54, 1.807) is 26.2 Å². The van der Waals surface area contributed by atoms with Crippen molar-refractivity contribution < 1.29 is 17.9 Å². The van der Waals surface area contributed by atoms with Gasteiger partial charge in [0.05, 0.1) is 17.7 Å². The van der Waals surface area contributed by atoms with E-state index in [1.807, 2.05) is 24.3 Å². The van der Waals surface area contributed by atoms with Crippen molar-refractivity contribution in [3.05, 3.63) is 88.4 Å². The largest absolute Gasteiger partial charge is 0.497 e. The number of benzene rings is 3. The minimum atomic E-state index is -3.81. The van der Waals surface area contributed by atoms with E-state index < -0.39 is 10.0 Å². The first kappa shape index (κ1) is 21.7. The molecule has 0 aliphatic heterocycles. The maximum atomic E-state index is 12.7. The van der Waals surface area contributed by atoms with Crippen LogP contribution in [0, 0.1) is 6.92 Å². The number of sulfonamides is 1. The van der Waals surface area contributed by atoms with Crippen LogP contribution >= 0.6 is 11.6 Å². The first-order valence-electron chi connectivity index (χ1n) is 9.08. The number of nitrogens with one attached hydrogen (secondary N) is 2. The molecule has 1 amide bonds. The van der Waals surface area contributed by atoms with E-state index in [1.165, 1.54) is 30.3 Å². The first-order chi connectivity index (χ1) is 14.3. The van der Waals surface area contributed by atoms with Crippen LogP contribution in [0.4, 0.5) is 5.69 Å². The molecular formula is C22H21ClN2O4S. The Kier molecular flexibility index (Phi) is 6.64. The molecule has 30 heavy (non-hydrogen) atoms. The number of hydrogen-bond acceptors (Lipinski definition) is 4. The van der Waals surface area contributed by atoms with Crippen LogP contribution in [-0.2, 0) is 16.6 Å². The molecule has 0 spiro atoms. The van der Waals surface area contributed by atoms with E-state index in [0.29, 0.717) is 34.1 Å². The molecular weight excluding hydrogens is 424 g/mol. The third-order valence-corrected chi connectivity index (χ3v) is 6.09. The summed E-state index contributed by atoms with van der Waals surface area (Å²) in [6.07, 6.45) is 0. The Balaban J connectivity index is 1.75. The quantitative estimate of drug-likeness (QED) is 0.566. The van der Waals surface area contributed by atoms with Gasteiger partial charge in [0.25, 0.3) is 15.9 Å². The predicted molar refractivity (Wildman–Crippen MR) is 118 cm³/mol. The maximum Gasteiger partial charge on any atom is 0.261 e. The molecule has 0 saturated heterocycles. The molecule has 6 nitrogen and oxygen atoms in total. The minimum absolute atomic E-state index is 0.0826.